The molecule has 14 nitrogen and oxygen atoms in total. The Hall–Kier alpha value is -0.820. The third-order valence-electron chi connectivity index (χ3n) is 16.6. The van der Waals surface area contributed by atoms with Crippen LogP contribution in [-0.2, 0) is 18.9 Å². The number of ether oxygens (including phenoxy) is 4. The smallest absolute Gasteiger partial charge is 0.187 e. The van der Waals surface area contributed by atoms with Crippen LogP contribution in [0.4, 0.5) is 0 Å². The summed E-state index contributed by atoms with van der Waals surface area (Å²) < 4.78 is 23.1. The second-order valence-corrected chi connectivity index (χ2v) is 20.3. The van der Waals surface area contributed by atoms with Crippen molar-refractivity contribution in [2.24, 2.45) is 45.3 Å². The van der Waals surface area contributed by atoms with Gasteiger partial charge in [-0.05, 0) is 99.7 Å². The summed E-state index contributed by atoms with van der Waals surface area (Å²) in [5.74, 6) is 1.00. The first-order valence-electron chi connectivity index (χ1n) is 21.0. The summed E-state index contributed by atoms with van der Waals surface area (Å²) in [6.07, 6.45) is -8.48. The molecule has 0 amide bonds. The Morgan fingerprint density at radius 1 is 0.768 bits per heavy atom. The predicted molar refractivity (Wildman–Crippen MR) is 202 cm³/mol. The number of hydrogen-bond acceptors (Lipinski definition) is 14. The first-order valence-corrected chi connectivity index (χ1v) is 21.0. The van der Waals surface area contributed by atoms with E-state index in [1.807, 2.05) is 0 Å². The highest BCUT2D eigenvalue weighted by molar-refractivity contribution is 5.31. The largest absolute Gasteiger partial charge is 0.394 e. The zero-order chi connectivity index (χ0) is 41.5. The molecular weight excluding hydrogens is 728 g/mol. The monoisotopic (exact) mass is 800 g/mol. The van der Waals surface area contributed by atoms with E-state index in [1.165, 1.54) is 5.57 Å². The molecule has 0 aromatic heterocycles. The van der Waals surface area contributed by atoms with E-state index in [0.717, 1.165) is 32.1 Å². The molecule has 0 radical (unpaired) electrons. The average Bonchev–Trinajstić information content (AvgIpc) is 3.40. The summed E-state index contributed by atoms with van der Waals surface area (Å²) in [5.41, 5.74) is -0.848. The lowest BCUT2D eigenvalue weighted by Crippen LogP contribution is -2.64. The van der Waals surface area contributed by atoms with Crippen LogP contribution < -0.4 is 0 Å². The molecule has 2 saturated heterocycles. The maximum Gasteiger partial charge on any atom is 0.187 e. The van der Waals surface area contributed by atoms with Gasteiger partial charge in [0, 0.05) is 10.8 Å². The van der Waals surface area contributed by atoms with Crippen LogP contribution in [0.2, 0.25) is 0 Å². The molecule has 3 saturated carbocycles. The number of aliphatic hydroxyl groups excluding tert-OH is 9. The van der Waals surface area contributed by atoms with Crippen molar-refractivity contribution in [3.8, 4) is 0 Å². The van der Waals surface area contributed by atoms with Crippen LogP contribution in [0.3, 0.4) is 0 Å². The van der Waals surface area contributed by atoms with E-state index in [1.54, 1.807) is 13.8 Å². The van der Waals surface area contributed by atoms with Crippen LogP contribution in [0.25, 0.3) is 0 Å². The highest BCUT2D eigenvalue weighted by Gasteiger charge is 2.70. The molecule has 6 aliphatic rings. The van der Waals surface area contributed by atoms with Gasteiger partial charge < -0.3 is 70.0 Å². The van der Waals surface area contributed by atoms with Crippen molar-refractivity contribution in [3.63, 3.8) is 0 Å². The molecule has 2 heterocycles. The maximum atomic E-state index is 12.3. The van der Waals surface area contributed by atoms with Crippen molar-refractivity contribution >= 4 is 0 Å². The minimum atomic E-state index is -1.71. The number of fused-ring (bicyclic) bond motifs is 5. The summed E-state index contributed by atoms with van der Waals surface area (Å²) in [4.78, 5) is 0. The molecule has 20 unspecified atom stereocenters. The zero-order valence-corrected chi connectivity index (χ0v) is 34.6. The highest BCUT2D eigenvalue weighted by Crippen LogP contribution is 2.75. The van der Waals surface area contributed by atoms with Crippen molar-refractivity contribution in [1.82, 2.24) is 0 Å². The predicted octanol–water partition coefficient (Wildman–Crippen LogP) is 1.12. The Morgan fingerprint density at radius 2 is 1.38 bits per heavy atom. The lowest BCUT2D eigenvalue weighted by molar-refractivity contribution is -0.341. The Kier molecular flexibility index (Phi) is 12.7. The Bertz CT molecular complexity index is 1400. The Morgan fingerprint density at radius 3 is 2.00 bits per heavy atom. The normalized spacial score (nSPS) is 50.3. The molecule has 0 spiro atoms. The standard InChI is InChI=1S/C42H72O14/c1-20(21-15-16-40(6)26-12-10-22-23(11-13-27(44)38(22,2)3)42(26,8)28(45)17-41(21,40)7)9-14-29(39(4,5)52)56-37-35(51)33(49)31(47)25(55-37)19-53-36-34(50)32(48)30(46)24(18-43)54-36/h10,20-21,23-37,43-52H,9,11-19H2,1-8H3. The van der Waals surface area contributed by atoms with Crippen LogP contribution in [0, 0.1) is 45.3 Å². The van der Waals surface area contributed by atoms with Gasteiger partial charge in [-0.1, -0.05) is 53.2 Å². The lowest BCUT2D eigenvalue weighted by atomic mass is 9.38. The van der Waals surface area contributed by atoms with Gasteiger partial charge in [0.05, 0.1) is 37.1 Å². The van der Waals surface area contributed by atoms with Gasteiger partial charge in [0.25, 0.3) is 0 Å². The third kappa shape index (κ3) is 7.26. The molecule has 10 N–H and O–H groups in total. The first-order chi connectivity index (χ1) is 25.9. The summed E-state index contributed by atoms with van der Waals surface area (Å²) in [5, 5.41) is 107. The van der Waals surface area contributed by atoms with Crippen molar-refractivity contribution in [1.29, 1.82) is 0 Å². The van der Waals surface area contributed by atoms with Crippen LogP contribution >= 0.6 is 0 Å². The minimum absolute atomic E-state index is 0.0159. The lowest BCUT2D eigenvalue weighted by Gasteiger charge is -2.67. The van der Waals surface area contributed by atoms with Gasteiger partial charge in [-0.25, -0.2) is 0 Å². The second-order valence-electron chi connectivity index (χ2n) is 20.3. The van der Waals surface area contributed by atoms with Crippen LogP contribution in [0.15, 0.2) is 11.6 Å². The molecule has 2 aliphatic heterocycles. The van der Waals surface area contributed by atoms with Gasteiger partial charge in [-0.15, -0.1) is 0 Å². The Balaban J connectivity index is 1.13. The van der Waals surface area contributed by atoms with Gasteiger partial charge in [0.2, 0.25) is 0 Å². The maximum absolute atomic E-state index is 12.3. The SMILES string of the molecule is CC(CCC(OC1OC(COC2OC(CO)C(O)C(O)C2O)C(O)C(O)C1O)C(C)(C)O)C1CCC2(C)C3CC=C4C(CCC(O)C4(C)C)C3(C)C(O)CC12C. The summed E-state index contributed by atoms with van der Waals surface area (Å²) in [7, 11) is 0. The summed E-state index contributed by atoms with van der Waals surface area (Å²) in [6, 6.07) is 0. The fourth-order valence-corrected chi connectivity index (χ4v) is 12.6. The van der Waals surface area contributed by atoms with E-state index in [9.17, 15) is 51.1 Å². The van der Waals surface area contributed by atoms with Crippen LogP contribution in [-0.4, -0.2) is 150 Å². The summed E-state index contributed by atoms with van der Waals surface area (Å²) >= 11 is 0. The van der Waals surface area contributed by atoms with E-state index in [-0.39, 0.29) is 45.5 Å². The number of hydrogen-bond donors (Lipinski definition) is 10. The van der Waals surface area contributed by atoms with Crippen molar-refractivity contribution in [2.45, 2.75) is 192 Å². The summed E-state index contributed by atoms with van der Waals surface area (Å²) in [6.45, 7) is 15.7. The average molecular weight is 801 g/mol. The molecular formula is C42H72O14. The third-order valence-corrected chi connectivity index (χ3v) is 16.6. The van der Waals surface area contributed by atoms with Crippen LogP contribution in [0.1, 0.15) is 107 Å². The van der Waals surface area contributed by atoms with Crippen molar-refractivity contribution in [3.05, 3.63) is 11.6 Å². The van der Waals surface area contributed by atoms with Gasteiger partial charge in [0.1, 0.15) is 48.8 Å². The molecule has 6 rings (SSSR count). The topological polar surface area (TPSA) is 239 Å². The Labute approximate surface area is 331 Å². The molecule has 20 atom stereocenters. The molecule has 0 aromatic rings. The molecule has 56 heavy (non-hydrogen) atoms. The molecule has 0 bridgehead atoms. The molecule has 4 aliphatic carbocycles. The number of rotatable bonds is 11. The quantitative estimate of drug-likeness (QED) is 0.132. The number of aliphatic hydroxyl groups is 10. The van der Waals surface area contributed by atoms with E-state index in [2.05, 4.69) is 47.6 Å². The van der Waals surface area contributed by atoms with Crippen molar-refractivity contribution < 1.29 is 70.0 Å². The van der Waals surface area contributed by atoms with Gasteiger partial charge in [-0.3, -0.25) is 0 Å². The van der Waals surface area contributed by atoms with E-state index >= 15 is 0 Å². The molecule has 0 aromatic carbocycles. The first kappa shape index (κ1) is 44.7. The van der Waals surface area contributed by atoms with Gasteiger partial charge in [-0.2, -0.15) is 0 Å². The van der Waals surface area contributed by atoms with E-state index in [4.69, 9.17) is 18.9 Å². The highest BCUT2D eigenvalue weighted by atomic mass is 16.7. The minimum Gasteiger partial charge on any atom is -0.394 e. The van der Waals surface area contributed by atoms with Gasteiger partial charge >= 0.3 is 0 Å². The molecule has 5 fully saturated rings. The second kappa shape index (κ2) is 15.9. The van der Waals surface area contributed by atoms with E-state index < -0.39 is 92.4 Å². The fraction of sp³-hybridized carbons (Fsp3) is 0.952. The fourth-order valence-electron chi connectivity index (χ4n) is 12.6. The molecule has 324 valence electrons. The van der Waals surface area contributed by atoms with E-state index in [0.29, 0.717) is 25.2 Å². The molecule has 14 heteroatoms. The zero-order valence-electron chi connectivity index (χ0n) is 34.6. The van der Waals surface area contributed by atoms with Crippen LogP contribution in [0.5, 0.6) is 0 Å². The van der Waals surface area contributed by atoms with Crippen molar-refractivity contribution in [2.75, 3.05) is 13.2 Å². The van der Waals surface area contributed by atoms with Gasteiger partial charge in [0.15, 0.2) is 12.6 Å². The number of allylic oxidation sites excluding steroid dienone is 1.